The maximum absolute atomic E-state index is 13.4. The van der Waals surface area contributed by atoms with Crippen molar-refractivity contribution in [2.45, 2.75) is 19.4 Å². The Hall–Kier alpha value is -3.20. The molecule has 2 aliphatic heterocycles. The Labute approximate surface area is 247 Å². The maximum Gasteiger partial charge on any atom is 0.255 e. The van der Waals surface area contributed by atoms with Gasteiger partial charge < -0.3 is 9.80 Å². The predicted molar refractivity (Wildman–Crippen MR) is 161 cm³/mol. The molecular formula is C31H31BrClN5O2. The molecule has 2 aliphatic rings. The van der Waals surface area contributed by atoms with E-state index in [1.165, 1.54) is 0 Å². The highest BCUT2D eigenvalue weighted by Crippen LogP contribution is 2.27. The number of imidazole rings is 1. The number of halogens is 2. The van der Waals surface area contributed by atoms with Gasteiger partial charge in [0.15, 0.2) is 0 Å². The highest BCUT2D eigenvalue weighted by Gasteiger charge is 2.32. The number of carbonyl (C=O) groups excluding carboxylic acids is 2. The first-order chi connectivity index (χ1) is 19.5. The van der Waals surface area contributed by atoms with Gasteiger partial charge in [-0.3, -0.25) is 19.1 Å². The summed E-state index contributed by atoms with van der Waals surface area (Å²) < 4.78 is 3.27. The Morgan fingerprint density at radius 1 is 0.850 bits per heavy atom. The third-order valence-electron chi connectivity index (χ3n) is 7.98. The molecule has 2 fully saturated rings. The molecule has 0 radical (unpaired) electrons. The molecule has 3 aromatic carbocycles. The molecule has 2 saturated heterocycles. The Kier molecular flexibility index (Phi) is 7.91. The van der Waals surface area contributed by atoms with Crippen molar-refractivity contribution in [1.82, 2.24) is 24.3 Å². The lowest BCUT2D eigenvalue weighted by molar-refractivity contribution is -0.138. The zero-order chi connectivity index (χ0) is 27.6. The van der Waals surface area contributed by atoms with Crippen LogP contribution in [0.2, 0.25) is 5.02 Å². The van der Waals surface area contributed by atoms with Gasteiger partial charge in [0.2, 0.25) is 5.91 Å². The summed E-state index contributed by atoms with van der Waals surface area (Å²) in [5.74, 6) is 1.17. The number of fused-ring (bicyclic) bond motifs is 1. The summed E-state index contributed by atoms with van der Waals surface area (Å²) in [7, 11) is 0. The average molecular weight is 621 g/mol. The summed E-state index contributed by atoms with van der Waals surface area (Å²) in [6.45, 7) is 4.61. The maximum atomic E-state index is 13.4. The molecule has 1 aromatic heterocycles. The number of rotatable bonds is 5. The van der Waals surface area contributed by atoms with E-state index in [1.54, 1.807) is 17.0 Å². The molecule has 6 rings (SSSR count). The largest absolute Gasteiger partial charge is 0.339 e. The molecule has 0 bridgehead atoms. The first-order valence-electron chi connectivity index (χ1n) is 13.7. The number of nitrogens with zero attached hydrogens (tertiary/aromatic N) is 5. The van der Waals surface area contributed by atoms with Gasteiger partial charge in [-0.2, -0.15) is 0 Å². The number of para-hydroxylation sites is 2. The van der Waals surface area contributed by atoms with Gasteiger partial charge in [0.1, 0.15) is 5.82 Å². The predicted octanol–water partition coefficient (Wildman–Crippen LogP) is 5.64. The average Bonchev–Trinajstić information content (AvgIpc) is 3.35. The third kappa shape index (κ3) is 5.53. The van der Waals surface area contributed by atoms with Crippen molar-refractivity contribution < 1.29 is 9.59 Å². The standard InChI is InChI=1S/C31H31BrClN5O2/c32-23-6-5-7-24(20-23)38-28-11-4-3-10-27(28)34-29(38)21-35-14-12-22(13-15-35)30(39)36-16-18-37(19-17-36)31(40)25-8-1-2-9-26(25)33/h1-11,20,22H,12-19,21H2. The van der Waals surface area contributed by atoms with E-state index >= 15 is 0 Å². The number of likely N-dealkylation sites (tertiary alicyclic amines) is 1. The molecule has 0 saturated carbocycles. The summed E-state index contributed by atoms with van der Waals surface area (Å²) in [6.07, 6.45) is 1.66. The molecule has 0 aliphatic carbocycles. The summed E-state index contributed by atoms with van der Waals surface area (Å²) in [4.78, 5) is 37.4. The van der Waals surface area contributed by atoms with Crippen LogP contribution in [0.25, 0.3) is 16.7 Å². The topological polar surface area (TPSA) is 61.7 Å². The second-order valence-electron chi connectivity index (χ2n) is 10.5. The first-order valence-corrected chi connectivity index (χ1v) is 14.9. The number of benzene rings is 3. The minimum absolute atomic E-state index is 0.0194. The number of piperazine rings is 1. The van der Waals surface area contributed by atoms with Gasteiger partial charge in [0, 0.05) is 42.3 Å². The van der Waals surface area contributed by atoms with E-state index in [4.69, 9.17) is 16.6 Å². The molecule has 206 valence electrons. The minimum atomic E-state index is -0.0695. The van der Waals surface area contributed by atoms with E-state index in [9.17, 15) is 9.59 Å². The van der Waals surface area contributed by atoms with E-state index in [1.807, 2.05) is 41.3 Å². The van der Waals surface area contributed by atoms with Gasteiger partial charge >= 0.3 is 0 Å². The highest BCUT2D eigenvalue weighted by molar-refractivity contribution is 9.10. The zero-order valence-electron chi connectivity index (χ0n) is 22.2. The van der Waals surface area contributed by atoms with E-state index in [0.29, 0.717) is 36.8 Å². The van der Waals surface area contributed by atoms with Crippen LogP contribution in [0.5, 0.6) is 0 Å². The van der Waals surface area contributed by atoms with Crippen LogP contribution in [0.3, 0.4) is 0 Å². The molecule has 7 nitrogen and oxygen atoms in total. The lowest BCUT2D eigenvalue weighted by Gasteiger charge is -2.38. The summed E-state index contributed by atoms with van der Waals surface area (Å²) >= 11 is 9.83. The number of aromatic nitrogens is 2. The van der Waals surface area contributed by atoms with Gasteiger partial charge in [0.05, 0.1) is 28.2 Å². The van der Waals surface area contributed by atoms with Gasteiger partial charge in [0.25, 0.3) is 5.91 Å². The molecule has 2 amide bonds. The second-order valence-corrected chi connectivity index (χ2v) is 11.8. The van der Waals surface area contributed by atoms with Gasteiger partial charge in [-0.05, 0) is 68.4 Å². The van der Waals surface area contributed by atoms with E-state index in [-0.39, 0.29) is 17.7 Å². The zero-order valence-corrected chi connectivity index (χ0v) is 24.5. The first kappa shape index (κ1) is 27.0. The van der Waals surface area contributed by atoms with Crippen molar-refractivity contribution in [3.05, 3.63) is 93.7 Å². The Balaban J connectivity index is 1.07. The molecular weight excluding hydrogens is 590 g/mol. The fraction of sp³-hybridized carbons (Fsp3) is 0.323. The second kappa shape index (κ2) is 11.7. The van der Waals surface area contributed by atoms with Crippen LogP contribution in [0.15, 0.2) is 77.3 Å². The van der Waals surface area contributed by atoms with Crippen molar-refractivity contribution in [2.75, 3.05) is 39.3 Å². The minimum Gasteiger partial charge on any atom is -0.339 e. The van der Waals surface area contributed by atoms with E-state index in [2.05, 4.69) is 49.7 Å². The fourth-order valence-corrected chi connectivity index (χ4v) is 6.42. The normalized spacial score (nSPS) is 16.9. The van der Waals surface area contributed by atoms with Crippen molar-refractivity contribution in [3.8, 4) is 5.69 Å². The smallest absolute Gasteiger partial charge is 0.255 e. The molecule has 40 heavy (non-hydrogen) atoms. The lowest BCUT2D eigenvalue weighted by atomic mass is 9.95. The number of hydrogen-bond donors (Lipinski definition) is 0. The molecule has 9 heteroatoms. The SMILES string of the molecule is O=C(c1ccccc1Cl)N1CCN(C(=O)C2CCN(Cc3nc4ccccc4n3-c3cccc(Br)c3)CC2)CC1. The molecule has 3 heterocycles. The molecule has 0 atom stereocenters. The lowest BCUT2D eigenvalue weighted by Crippen LogP contribution is -2.53. The van der Waals surface area contributed by atoms with Crippen LogP contribution in [-0.2, 0) is 11.3 Å². The van der Waals surface area contributed by atoms with Crippen molar-refractivity contribution in [2.24, 2.45) is 5.92 Å². The van der Waals surface area contributed by atoms with Crippen LogP contribution >= 0.6 is 27.5 Å². The third-order valence-corrected chi connectivity index (χ3v) is 8.80. The van der Waals surface area contributed by atoms with Gasteiger partial charge in [-0.1, -0.05) is 57.9 Å². The summed E-state index contributed by atoms with van der Waals surface area (Å²) in [6, 6.07) is 23.7. The van der Waals surface area contributed by atoms with Crippen LogP contribution in [-0.4, -0.2) is 75.3 Å². The van der Waals surface area contributed by atoms with Crippen LogP contribution in [0, 0.1) is 5.92 Å². The van der Waals surface area contributed by atoms with E-state index < -0.39 is 0 Å². The van der Waals surface area contributed by atoms with Crippen LogP contribution in [0.4, 0.5) is 0 Å². The van der Waals surface area contributed by atoms with Gasteiger partial charge in [-0.15, -0.1) is 0 Å². The summed E-state index contributed by atoms with van der Waals surface area (Å²) in [5, 5.41) is 0.463. The van der Waals surface area contributed by atoms with E-state index in [0.717, 1.165) is 59.5 Å². The van der Waals surface area contributed by atoms with Crippen molar-refractivity contribution >= 4 is 50.4 Å². The Morgan fingerprint density at radius 3 is 2.30 bits per heavy atom. The molecule has 0 N–H and O–H groups in total. The summed E-state index contributed by atoms with van der Waals surface area (Å²) in [5.41, 5.74) is 3.67. The molecule has 4 aromatic rings. The molecule has 0 spiro atoms. The van der Waals surface area contributed by atoms with Crippen molar-refractivity contribution in [1.29, 1.82) is 0 Å². The van der Waals surface area contributed by atoms with Crippen LogP contribution < -0.4 is 0 Å². The Bertz CT molecular complexity index is 1540. The monoisotopic (exact) mass is 619 g/mol. The van der Waals surface area contributed by atoms with Crippen LogP contribution in [0.1, 0.15) is 29.0 Å². The fourth-order valence-electron chi connectivity index (χ4n) is 5.82. The number of hydrogen-bond acceptors (Lipinski definition) is 4. The number of amides is 2. The highest BCUT2D eigenvalue weighted by atomic mass is 79.9. The van der Waals surface area contributed by atoms with Gasteiger partial charge in [-0.25, -0.2) is 4.98 Å². The molecule has 0 unspecified atom stereocenters. The number of carbonyl (C=O) groups is 2. The Morgan fingerprint density at radius 2 is 1.55 bits per heavy atom. The quantitative estimate of drug-likeness (QED) is 0.290. The number of piperidine rings is 1. The van der Waals surface area contributed by atoms with Crippen molar-refractivity contribution in [3.63, 3.8) is 0 Å².